The van der Waals surface area contributed by atoms with E-state index in [9.17, 15) is 39.6 Å². The van der Waals surface area contributed by atoms with Crippen LogP contribution in [0.25, 0.3) is 10.4 Å². The van der Waals surface area contributed by atoms with Gasteiger partial charge in [-0.25, -0.2) is 9.59 Å². The Morgan fingerprint density at radius 2 is 1.07 bits per heavy atom. The maximum absolute atomic E-state index is 12.8. The Morgan fingerprint density at radius 3 is 1.38 bits per heavy atom. The predicted octanol–water partition coefficient (Wildman–Crippen LogP) is 0.706. The van der Waals surface area contributed by atoms with Gasteiger partial charge in [0.25, 0.3) is 11.2 Å². The number of hydrogen-bond acceptors (Lipinski definition) is 13. The van der Waals surface area contributed by atoms with Crippen LogP contribution in [0.2, 0.25) is 0 Å². The van der Waals surface area contributed by atoms with E-state index in [0.717, 1.165) is 24.3 Å². The molecule has 0 spiro atoms. The molecule has 0 saturated carbocycles. The molecule has 2 aromatic rings. The van der Waals surface area contributed by atoms with Gasteiger partial charge in [-0.1, -0.05) is 5.11 Å². The van der Waals surface area contributed by atoms with Gasteiger partial charge in [-0.3, -0.25) is 9.59 Å². The number of carbonyl (C=O) groups excluding carboxylic acids is 2. The summed E-state index contributed by atoms with van der Waals surface area (Å²) in [6, 6.07) is 9.21. The Balaban J connectivity index is 0.000000570. The van der Waals surface area contributed by atoms with E-state index >= 15 is 0 Å². The van der Waals surface area contributed by atoms with E-state index in [1.165, 1.54) is 38.5 Å². The molecule has 2 aromatic carbocycles. The van der Waals surface area contributed by atoms with E-state index in [0.29, 0.717) is 52.7 Å². The third-order valence-electron chi connectivity index (χ3n) is 5.91. The van der Waals surface area contributed by atoms with Crippen molar-refractivity contribution in [2.75, 3.05) is 67.0 Å². The van der Waals surface area contributed by atoms with Gasteiger partial charge in [-0.05, 0) is 54.1 Å². The number of nitrogens with zero attached hydrogens (tertiary/aromatic N) is 3. The van der Waals surface area contributed by atoms with E-state index in [-0.39, 0.29) is 11.5 Å². The van der Waals surface area contributed by atoms with Crippen molar-refractivity contribution in [3.8, 4) is 11.5 Å². The van der Waals surface area contributed by atoms with Gasteiger partial charge in [0, 0.05) is 29.1 Å². The number of ether oxygens (including phenoxy) is 5. The van der Waals surface area contributed by atoms with Crippen LogP contribution in [0.4, 0.5) is 0 Å². The monoisotopic (exact) mass is 636 g/mol. The van der Waals surface area contributed by atoms with Crippen LogP contribution in [-0.2, 0) is 23.8 Å². The topological polar surface area (TPSA) is 270 Å². The number of azide groups is 1. The molecule has 6 N–H and O–H groups in total. The minimum Gasteiger partial charge on any atom is -0.497 e. The number of rotatable bonds is 20. The molecule has 246 valence electrons. The zero-order valence-electron chi connectivity index (χ0n) is 24.7. The van der Waals surface area contributed by atoms with Gasteiger partial charge in [0.1, 0.15) is 11.5 Å². The number of carboxylic acids is 2. The van der Waals surface area contributed by atoms with Gasteiger partial charge in [0.05, 0.1) is 53.9 Å². The number of hydrogen-bond donors (Lipinski definition) is 5. The first-order chi connectivity index (χ1) is 21.4. The summed E-state index contributed by atoms with van der Waals surface area (Å²) in [5.41, 5.74) is 4.18. The maximum atomic E-state index is 12.8. The molecule has 2 atom stereocenters. The summed E-state index contributed by atoms with van der Waals surface area (Å²) < 4.78 is 25.2. The lowest BCUT2D eigenvalue weighted by Crippen LogP contribution is -2.71. The fourth-order valence-corrected chi connectivity index (χ4v) is 3.51. The van der Waals surface area contributed by atoms with Crippen LogP contribution in [0, 0.1) is 0 Å². The Kier molecular flexibility index (Phi) is 16.8. The van der Waals surface area contributed by atoms with Gasteiger partial charge in [0.15, 0.2) is 0 Å². The first-order valence-electron chi connectivity index (χ1n) is 13.2. The predicted molar refractivity (Wildman–Crippen MR) is 155 cm³/mol. The largest absolute Gasteiger partial charge is 0.497 e. The highest BCUT2D eigenvalue weighted by Gasteiger charge is 2.69. The molecule has 0 unspecified atom stereocenters. The van der Waals surface area contributed by atoms with Crippen molar-refractivity contribution in [2.24, 2.45) is 10.8 Å². The van der Waals surface area contributed by atoms with Crippen LogP contribution in [0.3, 0.4) is 0 Å². The van der Waals surface area contributed by atoms with Crippen LogP contribution >= 0.6 is 0 Å². The summed E-state index contributed by atoms with van der Waals surface area (Å²) in [5, 5.41) is 43.8. The summed E-state index contributed by atoms with van der Waals surface area (Å²) in [6.07, 6.45) is 0. The number of aliphatic hydroxyl groups is 2. The second kappa shape index (κ2) is 19.6. The molecule has 17 nitrogen and oxygen atoms in total. The molecule has 0 aliphatic carbocycles. The molecule has 0 aliphatic heterocycles. The van der Waals surface area contributed by atoms with E-state index in [2.05, 4.69) is 10.0 Å². The summed E-state index contributed by atoms with van der Waals surface area (Å²) in [4.78, 5) is 52.0. The molecule has 0 saturated heterocycles. The van der Waals surface area contributed by atoms with Crippen LogP contribution < -0.4 is 15.2 Å². The van der Waals surface area contributed by atoms with Crippen molar-refractivity contribution >= 4 is 23.5 Å². The van der Waals surface area contributed by atoms with Crippen LogP contribution in [-0.4, -0.2) is 122 Å². The average molecular weight is 637 g/mol. The molecular weight excluding hydrogens is 600 g/mol. The standard InChI is InChI=1S/C20H18O10.C8H18N4O3/c1-29-13-7-3-11(4-8-13)15(21)19(27,17(23)24)20(28,18(25)26)16(22)12-5-9-14(30-2)10-6-12;9-1-3-13-5-7-15-8-6-14-4-2-11-12-10/h3-10,27-28H,1-2H3,(H,23,24)(H,25,26);1-9H2/t19-,20-;/m0./s1. The number of Topliss-reactive ketones (excluding diaryl/α,β-unsaturated/α-hetero) is 2. The molecular formula is C28H36N4O13. The molecule has 0 radical (unpaired) electrons. The van der Waals surface area contributed by atoms with Gasteiger partial charge in [-0.2, -0.15) is 0 Å². The van der Waals surface area contributed by atoms with Crippen molar-refractivity contribution < 1.29 is 63.3 Å². The van der Waals surface area contributed by atoms with E-state index in [1.807, 2.05) is 0 Å². The first-order valence-corrected chi connectivity index (χ1v) is 13.2. The number of carbonyl (C=O) groups is 4. The Morgan fingerprint density at radius 1 is 0.711 bits per heavy atom. The highest BCUT2D eigenvalue weighted by Crippen LogP contribution is 2.32. The Labute approximate surface area is 257 Å². The number of ketones is 2. The highest BCUT2D eigenvalue weighted by atomic mass is 16.5. The Hall–Kier alpha value is -4.61. The normalized spacial score (nSPS) is 13.1. The lowest BCUT2D eigenvalue weighted by atomic mass is 9.73. The van der Waals surface area contributed by atoms with E-state index in [4.69, 9.17) is 34.9 Å². The Bertz CT molecular complexity index is 1220. The van der Waals surface area contributed by atoms with E-state index < -0.39 is 45.8 Å². The van der Waals surface area contributed by atoms with Crippen molar-refractivity contribution in [1.29, 1.82) is 0 Å². The smallest absolute Gasteiger partial charge is 0.348 e. The molecule has 0 fully saturated rings. The van der Waals surface area contributed by atoms with Crippen molar-refractivity contribution in [3.05, 3.63) is 70.1 Å². The molecule has 0 bridgehead atoms. The lowest BCUT2D eigenvalue weighted by Gasteiger charge is -2.34. The number of aliphatic carboxylic acids is 2. The minimum atomic E-state index is -4.04. The highest BCUT2D eigenvalue weighted by molar-refractivity contribution is 6.28. The molecule has 17 heteroatoms. The van der Waals surface area contributed by atoms with Gasteiger partial charge in [0.2, 0.25) is 11.6 Å². The van der Waals surface area contributed by atoms with Crippen molar-refractivity contribution in [3.63, 3.8) is 0 Å². The molecule has 2 rings (SSSR count). The SMILES string of the molecule is COc1ccc(C(=O)[C@](O)(C(=O)O)[C@@](O)(C(=O)O)C(=O)c2ccc(OC)cc2)cc1.[N-]=[N+]=NCCOCCOCCOCCN. The van der Waals surface area contributed by atoms with Gasteiger partial charge < -0.3 is 49.8 Å². The number of carboxylic acid groups (broad SMARTS) is 2. The summed E-state index contributed by atoms with van der Waals surface area (Å²) in [6.45, 7) is 3.98. The summed E-state index contributed by atoms with van der Waals surface area (Å²) >= 11 is 0. The molecule has 0 aliphatic rings. The molecule has 0 amide bonds. The van der Waals surface area contributed by atoms with Crippen molar-refractivity contribution in [1.82, 2.24) is 0 Å². The second-order valence-corrected chi connectivity index (χ2v) is 8.73. The van der Waals surface area contributed by atoms with Crippen LogP contribution in [0.1, 0.15) is 20.7 Å². The van der Waals surface area contributed by atoms with Crippen molar-refractivity contribution in [2.45, 2.75) is 11.2 Å². The molecule has 0 heterocycles. The maximum Gasteiger partial charge on any atom is 0.348 e. The van der Waals surface area contributed by atoms with E-state index in [1.54, 1.807) is 0 Å². The number of methoxy groups -OCH3 is 2. The zero-order valence-corrected chi connectivity index (χ0v) is 24.7. The van der Waals surface area contributed by atoms with Gasteiger partial charge >= 0.3 is 11.9 Å². The quantitative estimate of drug-likeness (QED) is 0.0334. The molecule has 45 heavy (non-hydrogen) atoms. The fourth-order valence-electron chi connectivity index (χ4n) is 3.51. The lowest BCUT2D eigenvalue weighted by molar-refractivity contribution is -0.187. The average Bonchev–Trinajstić information content (AvgIpc) is 3.05. The van der Waals surface area contributed by atoms with Crippen LogP contribution in [0.5, 0.6) is 11.5 Å². The van der Waals surface area contributed by atoms with Gasteiger partial charge in [-0.15, -0.1) is 0 Å². The zero-order chi connectivity index (χ0) is 33.9. The number of benzene rings is 2. The number of nitrogens with two attached hydrogens (primary N) is 1. The van der Waals surface area contributed by atoms with Crippen LogP contribution in [0.15, 0.2) is 53.6 Å². The fraction of sp³-hybridized carbons (Fsp3) is 0.429. The summed E-state index contributed by atoms with van der Waals surface area (Å²) in [7, 11) is 2.67. The molecule has 0 aromatic heterocycles. The second-order valence-electron chi connectivity index (χ2n) is 8.73. The third-order valence-corrected chi connectivity index (χ3v) is 5.91. The minimum absolute atomic E-state index is 0.285. The third kappa shape index (κ3) is 10.5. The first kappa shape index (κ1) is 38.4. The summed E-state index contributed by atoms with van der Waals surface area (Å²) in [5.74, 6) is -7.68.